The third kappa shape index (κ3) is 3.32. The van der Waals surface area contributed by atoms with Gasteiger partial charge in [0.25, 0.3) is 5.91 Å². The van der Waals surface area contributed by atoms with Gasteiger partial charge in [-0.25, -0.2) is 9.18 Å². The number of Topliss-reactive ketones (excluding diaryl/α,β-unsaturated/α-hetero) is 1. The summed E-state index contributed by atoms with van der Waals surface area (Å²) in [6.45, 7) is 4.88. The van der Waals surface area contributed by atoms with Gasteiger partial charge in [0.05, 0.1) is 6.54 Å². The molecule has 0 bridgehead atoms. The van der Waals surface area contributed by atoms with Gasteiger partial charge in [-0.1, -0.05) is 6.07 Å². The van der Waals surface area contributed by atoms with Crippen LogP contribution in [0, 0.1) is 19.7 Å². The Kier molecular flexibility index (Phi) is 4.93. The van der Waals surface area contributed by atoms with E-state index in [2.05, 4.69) is 5.32 Å². The number of fused-ring (bicyclic) bond motifs is 1. The van der Waals surface area contributed by atoms with Crippen molar-refractivity contribution in [1.82, 2.24) is 14.8 Å². The van der Waals surface area contributed by atoms with Gasteiger partial charge in [0.1, 0.15) is 11.4 Å². The molecule has 0 spiro atoms. The van der Waals surface area contributed by atoms with E-state index in [4.69, 9.17) is 9.47 Å². The first kappa shape index (κ1) is 21.7. The van der Waals surface area contributed by atoms with Crippen molar-refractivity contribution >= 4 is 17.7 Å². The minimum absolute atomic E-state index is 0.0900. The van der Waals surface area contributed by atoms with E-state index in [1.54, 1.807) is 50.2 Å². The molecule has 2 aromatic carbocycles. The maximum absolute atomic E-state index is 13.3. The van der Waals surface area contributed by atoms with Crippen molar-refractivity contribution in [3.05, 3.63) is 76.9 Å². The number of hydrogen-bond donors (Lipinski definition) is 1. The summed E-state index contributed by atoms with van der Waals surface area (Å²) in [4.78, 5) is 40.1. The molecule has 1 fully saturated rings. The number of imide groups is 1. The topological polar surface area (TPSA) is 89.9 Å². The van der Waals surface area contributed by atoms with Gasteiger partial charge < -0.3 is 19.4 Å². The van der Waals surface area contributed by atoms with Gasteiger partial charge in [0.2, 0.25) is 6.79 Å². The number of halogens is 1. The summed E-state index contributed by atoms with van der Waals surface area (Å²) in [7, 11) is 0. The molecule has 8 nitrogen and oxygen atoms in total. The van der Waals surface area contributed by atoms with Gasteiger partial charge >= 0.3 is 6.03 Å². The highest BCUT2D eigenvalue weighted by molar-refractivity contribution is 6.11. The van der Waals surface area contributed by atoms with E-state index < -0.39 is 24.0 Å². The molecule has 3 amide bonds. The van der Waals surface area contributed by atoms with Crippen molar-refractivity contribution in [2.75, 3.05) is 13.3 Å². The van der Waals surface area contributed by atoms with Crippen molar-refractivity contribution < 1.29 is 28.2 Å². The predicted octanol–water partition coefficient (Wildman–Crippen LogP) is 3.61. The van der Waals surface area contributed by atoms with Crippen LogP contribution >= 0.6 is 0 Å². The summed E-state index contributed by atoms with van der Waals surface area (Å²) < 4.78 is 25.9. The minimum Gasteiger partial charge on any atom is -0.454 e. The van der Waals surface area contributed by atoms with Crippen LogP contribution in [-0.2, 0) is 10.3 Å². The summed E-state index contributed by atoms with van der Waals surface area (Å²) in [5.74, 6) is -0.209. The van der Waals surface area contributed by atoms with Crippen molar-refractivity contribution in [1.29, 1.82) is 0 Å². The standard InChI is InChI=1S/C25H22FN3O5/c1-14-10-19(15(2)29(14)18-7-5-17(26)6-8-18)20(30)12-28-23(31)25(3,27-24(28)32)16-4-9-21-22(11-16)34-13-33-21/h4-11H,12-13H2,1-3H3,(H,27,32). The number of aromatic nitrogens is 1. The van der Waals surface area contributed by atoms with E-state index in [1.165, 1.54) is 12.1 Å². The van der Waals surface area contributed by atoms with Crippen LogP contribution in [0.3, 0.4) is 0 Å². The lowest BCUT2D eigenvalue weighted by Crippen LogP contribution is -2.41. The van der Waals surface area contributed by atoms with Crippen LogP contribution in [-0.4, -0.2) is 40.5 Å². The van der Waals surface area contributed by atoms with Crippen molar-refractivity contribution in [2.24, 2.45) is 0 Å². The third-order valence-corrected chi connectivity index (χ3v) is 6.34. The predicted molar refractivity (Wildman–Crippen MR) is 120 cm³/mol. The molecule has 5 rings (SSSR count). The molecular formula is C25H22FN3O5. The summed E-state index contributed by atoms with van der Waals surface area (Å²) in [6.07, 6.45) is 0. The summed E-state index contributed by atoms with van der Waals surface area (Å²) in [5, 5.41) is 2.70. The average molecular weight is 463 g/mol. The zero-order valence-electron chi connectivity index (χ0n) is 18.8. The van der Waals surface area contributed by atoms with Gasteiger partial charge in [-0.3, -0.25) is 14.5 Å². The second-order valence-corrected chi connectivity index (χ2v) is 8.53. The molecule has 34 heavy (non-hydrogen) atoms. The molecule has 2 aliphatic rings. The van der Waals surface area contributed by atoms with E-state index >= 15 is 0 Å². The zero-order chi connectivity index (χ0) is 24.2. The van der Waals surface area contributed by atoms with Crippen LogP contribution in [0.2, 0.25) is 0 Å². The number of urea groups is 1. The number of benzene rings is 2. The van der Waals surface area contributed by atoms with Crippen LogP contribution in [0.15, 0.2) is 48.5 Å². The number of carbonyl (C=O) groups is 3. The molecule has 3 heterocycles. The molecule has 1 N–H and O–H groups in total. The molecule has 1 aromatic heterocycles. The molecule has 1 saturated heterocycles. The molecule has 9 heteroatoms. The van der Waals surface area contributed by atoms with E-state index in [-0.39, 0.29) is 18.4 Å². The highest BCUT2D eigenvalue weighted by Crippen LogP contribution is 2.38. The quantitative estimate of drug-likeness (QED) is 0.461. The van der Waals surface area contributed by atoms with Gasteiger partial charge in [-0.2, -0.15) is 0 Å². The van der Waals surface area contributed by atoms with Gasteiger partial charge in [0.15, 0.2) is 17.3 Å². The Balaban J connectivity index is 1.40. The van der Waals surface area contributed by atoms with Crippen LogP contribution in [0.25, 0.3) is 5.69 Å². The van der Waals surface area contributed by atoms with Crippen LogP contribution < -0.4 is 14.8 Å². The molecule has 174 valence electrons. The van der Waals surface area contributed by atoms with Crippen LogP contribution in [0.4, 0.5) is 9.18 Å². The zero-order valence-corrected chi connectivity index (χ0v) is 18.8. The largest absolute Gasteiger partial charge is 0.454 e. The van der Waals surface area contributed by atoms with Crippen molar-refractivity contribution in [3.8, 4) is 17.2 Å². The smallest absolute Gasteiger partial charge is 0.325 e. The van der Waals surface area contributed by atoms with E-state index in [0.717, 1.165) is 10.6 Å². The Hall–Kier alpha value is -4.14. The number of nitrogens with one attached hydrogen (secondary N) is 1. The van der Waals surface area contributed by atoms with Gasteiger partial charge in [-0.05, 0) is 68.8 Å². The fourth-order valence-electron chi connectivity index (χ4n) is 4.51. The number of hydrogen-bond acceptors (Lipinski definition) is 5. The maximum Gasteiger partial charge on any atom is 0.325 e. The highest BCUT2D eigenvalue weighted by atomic mass is 19.1. The minimum atomic E-state index is -1.34. The van der Waals surface area contributed by atoms with Crippen molar-refractivity contribution in [3.63, 3.8) is 0 Å². The fraction of sp³-hybridized carbons (Fsp3) is 0.240. The summed E-state index contributed by atoms with van der Waals surface area (Å²) >= 11 is 0. The normalized spacial score (nSPS) is 19.0. The van der Waals surface area contributed by atoms with E-state index in [9.17, 15) is 18.8 Å². The second kappa shape index (κ2) is 7.72. The lowest BCUT2D eigenvalue weighted by Gasteiger charge is -2.22. The molecular weight excluding hydrogens is 441 g/mol. The maximum atomic E-state index is 13.3. The molecule has 0 aliphatic carbocycles. The first-order valence-electron chi connectivity index (χ1n) is 10.7. The number of aryl methyl sites for hydroxylation is 1. The molecule has 3 aromatic rings. The van der Waals surface area contributed by atoms with Crippen LogP contribution in [0.5, 0.6) is 11.5 Å². The number of ketones is 1. The molecule has 0 radical (unpaired) electrons. The van der Waals surface area contributed by atoms with E-state index in [1.807, 2.05) is 11.5 Å². The first-order valence-corrected chi connectivity index (χ1v) is 10.7. The number of carbonyl (C=O) groups excluding carboxylic acids is 3. The Morgan fingerprint density at radius 1 is 1.06 bits per heavy atom. The monoisotopic (exact) mass is 463 g/mol. The lowest BCUT2D eigenvalue weighted by molar-refractivity contribution is -0.130. The highest BCUT2D eigenvalue weighted by Gasteiger charge is 2.50. The Bertz CT molecular complexity index is 1350. The molecule has 1 atom stereocenters. The van der Waals surface area contributed by atoms with Gasteiger partial charge in [-0.15, -0.1) is 0 Å². The van der Waals surface area contributed by atoms with Crippen molar-refractivity contribution in [2.45, 2.75) is 26.3 Å². The van der Waals surface area contributed by atoms with E-state index in [0.29, 0.717) is 34.0 Å². The van der Waals surface area contributed by atoms with Gasteiger partial charge in [0, 0.05) is 22.6 Å². The summed E-state index contributed by atoms with van der Waals surface area (Å²) in [6, 6.07) is 12.0. The Morgan fingerprint density at radius 2 is 1.76 bits per heavy atom. The Morgan fingerprint density at radius 3 is 2.50 bits per heavy atom. The molecule has 1 unspecified atom stereocenters. The third-order valence-electron chi connectivity index (χ3n) is 6.34. The molecule has 0 saturated carbocycles. The number of amides is 3. The Labute approximate surface area is 194 Å². The number of ether oxygens (including phenoxy) is 2. The summed E-state index contributed by atoms with van der Waals surface area (Å²) in [5.41, 5.74) is 1.69. The lowest BCUT2D eigenvalue weighted by atomic mass is 9.91. The number of nitrogens with zero attached hydrogens (tertiary/aromatic N) is 2. The fourth-order valence-corrected chi connectivity index (χ4v) is 4.51. The number of rotatable bonds is 5. The first-order chi connectivity index (χ1) is 16.2. The van der Waals surface area contributed by atoms with Crippen LogP contribution in [0.1, 0.15) is 34.2 Å². The second-order valence-electron chi connectivity index (χ2n) is 8.53. The molecule has 2 aliphatic heterocycles. The SMILES string of the molecule is Cc1cc(C(=O)CN2C(=O)NC(C)(c3ccc4c(c3)OCO4)C2=O)c(C)n1-c1ccc(F)cc1. The average Bonchev–Trinajstić information content (AvgIpc) is 3.46.